The molecule has 4 atom stereocenters. The quantitative estimate of drug-likeness (QED) is 0.346. The first-order chi connectivity index (χ1) is 21.6. The molecule has 1 aliphatic carbocycles. The SMILES string of the molecule is C[C@H]1CN([C@@H](Cc2ccc3c(c2)CCC3)C(=O)O)CCN1C(=O)[C@@H]1CN(c2ccc(C(F)F)cn2)C[C@H]1c1ccc(F)cc1F. The number of aryl methyl sites for hydroxylation is 2. The van der Waals surface area contributed by atoms with Crippen LogP contribution >= 0.6 is 0 Å². The van der Waals surface area contributed by atoms with Crippen LogP contribution in [-0.2, 0) is 28.9 Å². The van der Waals surface area contributed by atoms with Gasteiger partial charge in [-0.25, -0.2) is 22.5 Å². The number of hydrogen-bond acceptors (Lipinski definition) is 5. The number of aromatic nitrogens is 1. The molecule has 2 aliphatic heterocycles. The van der Waals surface area contributed by atoms with Crippen molar-refractivity contribution in [2.75, 3.05) is 37.6 Å². The molecule has 3 aliphatic rings. The minimum atomic E-state index is -2.67. The van der Waals surface area contributed by atoms with E-state index in [-0.39, 0.29) is 36.2 Å². The molecular formula is C34H36F4N4O3. The van der Waals surface area contributed by atoms with Crippen molar-refractivity contribution < 1.29 is 32.3 Å². The summed E-state index contributed by atoms with van der Waals surface area (Å²) in [7, 11) is 0. The van der Waals surface area contributed by atoms with Crippen molar-refractivity contribution in [3.63, 3.8) is 0 Å². The van der Waals surface area contributed by atoms with E-state index in [2.05, 4.69) is 17.1 Å². The number of piperazine rings is 1. The summed E-state index contributed by atoms with van der Waals surface area (Å²) in [4.78, 5) is 36.1. The highest BCUT2D eigenvalue weighted by Gasteiger charge is 2.44. The fourth-order valence-corrected chi connectivity index (χ4v) is 7.23. The topological polar surface area (TPSA) is 77.0 Å². The first-order valence-electron chi connectivity index (χ1n) is 15.4. The molecule has 1 amide bonds. The van der Waals surface area contributed by atoms with Crippen LogP contribution in [0.25, 0.3) is 0 Å². The maximum atomic E-state index is 15.1. The van der Waals surface area contributed by atoms with Gasteiger partial charge in [-0.3, -0.25) is 14.5 Å². The van der Waals surface area contributed by atoms with Gasteiger partial charge in [-0.2, -0.15) is 0 Å². The summed E-state index contributed by atoms with van der Waals surface area (Å²) in [5.41, 5.74) is 3.58. The number of amides is 1. The monoisotopic (exact) mass is 624 g/mol. The van der Waals surface area contributed by atoms with E-state index in [0.29, 0.717) is 31.9 Å². The molecule has 1 aromatic heterocycles. The molecule has 3 aromatic rings. The Kier molecular flexibility index (Phi) is 8.81. The normalized spacial score (nSPS) is 22.6. The average molecular weight is 625 g/mol. The van der Waals surface area contributed by atoms with E-state index in [1.165, 1.54) is 29.3 Å². The number of benzene rings is 2. The van der Waals surface area contributed by atoms with Gasteiger partial charge in [0.1, 0.15) is 23.5 Å². The largest absolute Gasteiger partial charge is 0.480 e. The number of rotatable bonds is 8. The molecule has 0 saturated carbocycles. The third-order valence-electron chi connectivity index (χ3n) is 9.61. The van der Waals surface area contributed by atoms with Gasteiger partial charge in [-0.15, -0.1) is 0 Å². The Labute approximate surface area is 259 Å². The van der Waals surface area contributed by atoms with E-state index in [4.69, 9.17) is 0 Å². The summed E-state index contributed by atoms with van der Waals surface area (Å²) in [5, 5.41) is 10.2. The first-order valence-corrected chi connectivity index (χ1v) is 15.4. The van der Waals surface area contributed by atoms with Crippen molar-refractivity contribution in [3.8, 4) is 0 Å². The zero-order valence-corrected chi connectivity index (χ0v) is 25.0. The van der Waals surface area contributed by atoms with Gasteiger partial charge in [-0.05, 0) is 73.1 Å². The van der Waals surface area contributed by atoms with Gasteiger partial charge in [0.2, 0.25) is 5.91 Å². The lowest BCUT2D eigenvalue weighted by molar-refractivity contribution is -0.147. The van der Waals surface area contributed by atoms with Gasteiger partial charge in [0, 0.05) is 62.5 Å². The lowest BCUT2D eigenvalue weighted by Crippen LogP contribution is -2.59. The fraction of sp³-hybridized carbons (Fsp3) is 0.441. The lowest BCUT2D eigenvalue weighted by atomic mass is 9.87. The average Bonchev–Trinajstić information content (AvgIpc) is 3.67. The van der Waals surface area contributed by atoms with E-state index < -0.39 is 41.9 Å². The van der Waals surface area contributed by atoms with Crippen LogP contribution < -0.4 is 4.90 Å². The number of alkyl halides is 2. The Morgan fingerprint density at radius 3 is 2.47 bits per heavy atom. The van der Waals surface area contributed by atoms with Crippen molar-refractivity contribution >= 4 is 17.7 Å². The van der Waals surface area contributed by atoms with Gasteiger partial charge in [-0.1, -0.05) is 24.3 Å². The molecule has 6 rings (SSSR count). The Bertz CT molecular complexity index is 1570. The highest BCUT2D eigenvalue weighted by molar-refractivity contribution is 5.82. The molecule has 0 bridgehead atoms. The Balaban J connectivity index is 1.19. The number of nitrogens with zero attached hydrogens (tertiary/aromatic N) is 4. The predicted molar refractivity (Wildman–Crippen MR) is 160 cm³/mol. The molecule has 11 heteroatoms. The lowest BCUT2D eigenvalue weighted by Gasteiger charge is -2.43. The van der Waals surface area contributed by atoms with Gasteiger partial charge in [0.15, 0.2) is 0 Å². The molecule has 2 fully saturated rings. The molecule has 0 spiro atoms. The number of fused-ring (bicyclic) bond motifs is 1. The van der Waals surface area contributed by atoms with Crippen LogP contribution in [-0.4, -0.2) is 76.6 Å². The second-order valence-corrected chi connectivity index (χ2v) is 12.4. The second-order valence-electron chi connectivity index (χ2n) is 12.4. The van der Waals surface area contributed by atoms with Crippen LogP contribution in [0.1, 0.15) is 53.5 Å². The van der Waals surface area contributed by atoms with Crippen molar-refractivity contribution in [2.24, 2.45) is 5.92 Å². The number of carbonyl (C=O) groups is 2. The molecular weight excluding hydrogens is 588 g/mol. The fourth-order valence-electron chi connectivity index (χ4n) is 7.23. The van der Waals surface area contributed by atoms with E-state index in [1.54, 1.807) is 9.80 Å². The zero-order chi connectivity index (χ0) is 31.8. The minimum Gasteiger partial charge on any atom is -0.480 e. The maximum Gasteiger partial charge on any atom is 0.321 e. The number of carboxylic acid groups (broad SMARTS) is 1. The number of hydrogen-bond donors (Lipinski definition) is 1. The highest BCUT2D eigenvalue weighted by atomic mass is 19.3. The Morgan fingerprint density at radius 2 is 1.78 bits per heavy atom. The number of halogens is 4. The summed E-state index contributed by atoms with van der Waals surface area (Å²) in [6.45, 7) is 3.26. The summed E-state index contributed by atoms with van der Waals surface area (Å²) in [5.74, 6) is -3.57. The van der Waals surface area contributed by atoms with Crippen LogP contribution in [0.5, 0.6) is 0 Å². The van der Waals surface area contributed by atoms with Crippen molar-refractivity contribution in [1.82, 2.24) is 14.8 Å². The van der Waals surface area contributed by atoms with E-state index in [9.17, 15) is 27.9 Å². The summed E-state index contributed by atoms with van der Waals surface area (Å²) in [6, 6.07) is 11.2. The summed E-state index contributed by atoms with van der Waals surface area (Å²) >= 11 is 0. The van der Waals surface area contributed by atoms with Gasteiger partial charge in [0.05, 0.1) is 5.92 Å². The molecule has 1 N–H and O–H groups in total. The number of anilines is 1. The second kappa shape index (κ2) is 12.8. The highest BCUT2D eigenvalue weighted by Crippen LogP contribution is 2.38. The Morgan fingerprint density at radius 1 is 0.978 bits per heavy atom. The van der Waals surface area contributed by atoms with Gasteiger partial charge < -0.3 is 14.9 Å². The van der Waals surface area contributed by atoms with Gasteiger partial charge in [0.25, 0.3) is 6.43 Å². The van der Waals surface area contributed by atoms with E-state index in [0.717, 1.165) is 43.2 Å². The minimum absolute atomic E-state index is 0.171. The maximum absolute atomic E-state index is 15.1. The summed E-state index contributed by atoms with van der Waals surface area (Å²) in [6.07, 6.45) is 1.96. The van der Waals surface area contributed by atoms with Crippen LogP contribution in [0.3, 0.4) is 0 Å². The molecule has 7 nitrogen and oxygen atoms in total. The number of carboxylic acids is 1. The molecule has 45 heavy (non-hydrogen) atoms. The predicted octanol–water partition coefficient (Wildman–Crippen LogP) is 5.23. The van der Waals surface area contributed by atoms with Crippen molar-refractivity contribution in [3.05, 3.63) is 94.2 Å². The molecule has 0 radical (unpaired) electrons. The van der Waals surface area contributed by atoms with Gasteiger partial charge >= 0.3 is 5.97 Å². The standard InChI is InChI=1S/C34H36F4N4O3/c1-20-17-40(30(34(44)45)14-21-5-6-22-3-2-4-23(22)13-21)11-12-42(20)33(43)28-19-41(31-10-7-24(16-39-31)32(37)38)18-27(28)26-9-8-25(35)15-29(26)36/h5-10,13,15-16,20,27-28,30,32H,2-4,11-12,14,17-19H2,1H3,(H,44,45)/t20-,27-,28+,30-/m0/s1. The van der Waals surface area contributed by atoms with E-state index >= 15 is 4.39 Å². The number of pyridine rings is 1. The van der Waals surface area contributed by atoms with Crippen LogP contribution in [0, 0.1) is 17.6 Å². The first kappa shape index (κ1) is 31.0. The third kappa shape index (κ3) is 6.40. The summed E-state index contributed by atoms with van der Waals surface area (Å²) < 4.78 is 55.1. The molecule has 3 heterocycles. The molecule has 0 unspecified atom stereocenters. The molecule has 2 aromatic carbocycles. The van der Waals surface area contributed by atoms with Crippen LogP contribution in [0.15, 0.2) is 54.7 Å². The smallest absolute Gasteiger partial charge is 0.321 e. The molecule has 2 saturated heterocycles. The number of aliphatic carboxylic acids is 1. The Hall–Kier alpha value is -3.99. The number of carbonyl (C=O) groups excluding carboxylic acids is 1. The van der Waals surface area contributed by atoms with Crippen LogP contribution in [0.4, 0.5) is 23.4 Å². The zero-order valence-electron chi connectivity index (χ0n) is 25.0. The van der Waals surface area contributed by atoms with E-state index in [1.807, 2.05) is 17.9 Å². The van der Waals surface area contributed by atoms with Crippen molar-refractivity contribution in [1.29, 1.82) is 0 Å². The molecule has 238 valence electrons. The van der Waals surface area contributed by atoms with Crippen molar-refractivity contribution in [2.45, 2.75) is 57.0 Å². The van der Waals surface area contributed by atoms with Crippen LogP contribution in [0.2, 0.25) is 0 Å². The third-order valence-corrected chi connectivity index (χ3v) is 9.61.